The first kappa shape index (κ1) is 20.3. The van der Waals surface area contributed by atoms with Gasteiger partial charge in [0.2, 0.25) is 5.88 Å². The van der Waals surface area contributed by atoms with Gasteiger partial charge in [0, 0.05) is 26.1 Å². The summed E-state index contributed by atoms with van der Waals surface area (Å²) in [5, 5.41) is 9.68. The number of alkyl halides is 1. The van der Waals surface area contributed by atoms with Crippen LogP contribution in [0.15, 0.2) is 24.4 Å². The summed E-state index contributed by atoms with van der Waals surface area (Å²) in [5.74, 6) is 1.45. The van der Waals surface area contributed by atoms with Gasteiger partial charge in [-0.3, -0.25) is 4.79 Å². The Bertz CT molecular complexity index is 939. The molecule has 3 atom stereocenters. The molecule has 0 aliphatic carbocycles. The number of aromatic nitrogens is 2. The van der Waals surface area contributed by atoms with Crippen LogP contribution < -0.4 is 14.4 Å². The van der Waals surface area contributed by atoms with Crippen LogP contribution in [0, 0.1) is 6.92 Å². The number of anilines is 1. The summed E-state index contributed by atoms with van der Waals surface area (Å²) < 4.78 is 25.8. The Balaban J connectivity index is 1.49. The largest absolute Gasteiger partial charge is 0.486 e. The number of carbonyl (C=O) groups is 1. The Morgan fingerprint density at radius 2 is 2.17 bits per heavy atom. The summed E-state index contributed by atoms with van der Waals surface area (Å²) in [6.45, 7) is 2.35. The van der Waals surface area contributed by atoms with Crippen molar-refractivity contribution in [1.82, 2.24) is 14.9 Å². The van der Waals surface area contributed by atoms with E-state index < -0.39 is 18.3 Å². The number of ether oxygens (including phenoxy) is 2. The fourth-order valence-electron chi connectivity index (χ4n) is 4.03. The molecule has 1 saturated heterocycles. The van der Waals surface area contributed by atoms with Gasteiger partial charge in [0.05, 0.1) is 43.8 Å². The van der Waals surface area contributed by atoms with Crippen molar-refractivity contribution < 1.29 is 23.8 Å². The van der Waals surface area contributed by atoms with Crippen LogP contribution in [-0.2, 0) is 0 Å². The second-order valence-electron chi connectivity index (χ2n) is 7.62. The minimum atomic E-state index is -1.21. The maximum atomic E-state index is 14.9. The number of carbonyl (C=O) groups excluding carboxylic acids is 1. The normalized spacial score (nSPS) is 23.5. The minimum absolute atomic E-state index is 0.133. The minimum Gasteiger partial charge on any atom is -0.486 e. The zero-order chi connectivity index (χ0) is 21.4. The lowest BCUT2D eigenvalue weighted by molar-refractivity contribution is 0.0714. The molecule has 0 radical (unpaired) electrons. The Kier molecular flexibility index (Phi) is 5.46. The van der Waals surface area contributed by atoms with Crippen LogP contribution in [0.25, 0.3) is 0 Å². The van der Waals surface area contributed by atoms with Crippen LogP contribution in [0.5, 0.6) is 11.6 Å². The van der Waals surface area contributed by atoms with Gasteiger partial charge in [0.25, 0.3) is 5.91 Å². The quantitative estimate of drug-likeness (QED) is 0.797. The van der Waals surface area contributed by atoms with Crippen LogP contribution in [0.1, 0.15) is 34.1 Å². The third-order valence-corrected chi connectivity index (χ3v) is 5.71. The van der Waals surface area contributed by atoms with E-state index in [-0.39, 0.29) is 19.1 Å². The number of aliphatic hydroxyl groups is 1. The van der Waals surface area contributed by atoms with Crippen LogP contribution >= 0.6 is 0 Å². The fourth-order valence-corrected chi connectivity index (χ4v) is 4.03. The fraction of sp³-hybridized carbons (Fsp3) is 0.476. The highest BCUT2D eigenvalue weighted by Crippen LogP contribution is 2.35. The van der Waals surface area contributed by atoms with Gasteiger partial charge in [0.15, 0.2) is 6.17 Å². The molecule has 0 bridgehead atoms. The second kappa shape index (κ2) is 8.06. The molecule has 160 valence electrons. The van der Waals surface area contributed by atoms with Gasteiger partial charge in [-0.25, -0.2) is 14.4 Å². The van der Waals surface area contributed by atoms with Crippen LogP contribution in [0.3, 0.4) is 0 Å². The third-order valence-electron chi connectivity index (χ3n) is 5.71. The molecule has 4 heterocycles. The van der Waals surface area contributed by atoms with Crippen molar-refractivity contribution >= 4 is 11.7 Å². The number of pyridine rings is 2. The number of fused-ring (bicyclic) bond motifs is 1. The highest BCUT2D eigenvalue weighted by atomic mass is 19.1. The summed E-state index contributed by atoms with van der Waals surface area (Å²) in [7, 11) is 3.18. The second-order valence-corrected chi connectivity index (χ2v) is 7.62. The van der Waals surface area contributed by atoms with Crippen LogP contribution in [0.4, 0.5) is 10.2 Å². The van der Waals surface area contributed by atoms with Gasteiger partial charge >= 0.3 is 0 Å². The first-order valence-corrected chi connectivity index (χ1v) is 9.88. The van der Waals surface area contributed by atoms with Crippen molar-refractivity contribution in [2.45, 2.75) is 31.7 Å². The van der Waals surface area contributed by atoms with Crippen molar-refractivity contribution in [3.05, 3.63) is 41.2 Å². The summed E-state index contributed by atoms with van der Waals surface area (Å²) >= 11 is 0. The maximum absolute atomic E-state index is 14.9. The van der Waals surface area contributed by atoms with E-state index in [2.05, 4.69) is 9.97 Å². The summed E-state index contributed by atoms with van der Waals surface area (Å²) in [6, 6.07) is 4.69. The molecular formula is C21H25FN4O4. The first-order chi connectivity index (χ1) is 14.4. The number of aryl methyl sites for hydroxylation is 1. The number of amides is 1. The number of halogens is 1. The molecule has 9 heteroatoms. The predicted molar refractivity (Wildman–Crippen MR) is 108 cm³/mol. The number of likely N-dealkylation sites (N-methyl/N-ethyl adjacent to an activating group) is 1. The third kappa shape index (κ3) is 3.54. The molecule has 1 fully saturated rings. The van der Waals surface area contributed by atoms with E-state index in [1.54, 1.807) is 25.2 Å². The standard InChI is InChI=1S/C21H25FN4O4/c1-12-8-14-19(16(11-27)25(2)21(14)28)24-20(12)26-7-6-17(15(22)10-26)30-13-4-5-18(29-3)23-9-13/h4-5,8-9,15-17,27H,6-7,10-11H2,1-3H3/t15-,16?,17-/m1/s1. The van der Waals surface area contributed by atoms with Crippen LogP contribution in [-0.4, -0.2) is 72.0 Å². The molecule has 1 N–H and O–H groups in total. The van der Waals surface area contributed by atoms with E-state index in [4.69, 9.17) is 9.47 Å². The van der Waals surface area contributed by atoms with Gasteiger partial charge in [-0.1, -0.05) is 0 Å². The number of piperidine rings is 1. The SMILES string of the molecule is COc1ccc(O[C@@H]2CCN(c3nc4c(cc3C)C(=O)N(C)C4CO)C[C@H]2F)cn1. The molecule has 2 aliphatic rings. The lowest BCUT2D eigenvalue weighted by atomic mass is 10.0. The number of rotatable bonds is 5. The average molecular weight is 416 g/mol. The molecule has 2 aromatic rings. The monoisotopic (exact) mass is 416 g/mol. The highest BCUT2D eigenvalue weighted by molar-refractivity contribution is 5.99. The summed E-state index contributed by atoms with van der Waals surface area (Å²) in [6.07, 6.45) is 0.206. The smallest absolute Gasteiger partial charge is 0.256 e. The molecule has 8 nitrogen and oxygen atoms in total. The Labute approximate surface area is 174 Å². The molecule has 0 spiro atoms. The van der Waals surface area contributed by atoms with E-state index in [9.17, 15) is 14.3 Å². The molecule has 0 saturated carbocycles. The van der Waals surface area contributed by atoms with Crippen molar-refractivity contribution in [3.63, 3.8) is 0 Å². The molecule has 0 aromatic carbocycles. The summed E-state index contributed by atoms with van der Waals surface area (Å²) in [5.41, 5.74) is 1.85. The van der Waals surface area contributed by atoms with E-state index in [1.165, 1.54) is 18.2 Å². The maximum Gasteiger partial charge on any atom is 0.256 e. The number of nitrogens with zero attached hydrogens (tertiary/aromatic N) is 4. The Morgan fingerprint density at radius 3 is 2.80 bits per heavy atom. The van der Waals surface area contributed by atoms with Gasteiger partial charge in [-0.05, 0) is 24.6 Å². The van der Waals surface area contributed by atoms with Gasteiger partial charge in [0.1, 0.15) is 17.7 Å². The Morgan fingerprint density at radius 1 is 1.37 bits per heavy atom. The number of hydrogen-bond donors (Lipinski definition) is 1. The number of aliphatic hydroxyl groups excluding tert-OH is 1. The predicted octanol–water partition coefficient (Wildman–Crippen LogP) is 1.91. The van der Waals surface area contributed by atoms with Gasteiger partial charge < -0.3 is 24.4 Å². The van der Waals surface area contributed by atoms with Gasteiger partial charge in [-0.2, -0.15) is 0 Å². The number of hydrogen-bond acceptors (Lipinski definition) is 7. The van der Waals surface area contributed by atoms with Crippen molar-refractivity contribution in [2.24, 2.45) is 0 Å². The topological polar surface area (TPSA) is 88.0 Å². The molecule has 30 heavy (non-hydrogen) atoms. The van der Waals surface area contributed by atoms with Crippen molar-refractivity contribution in [1.29, 1.82) is 0 Å². The Hall–Kier alpha value is -2.94. The van der Waals surface area contributed by atoms with Crippen LogP contribution in [0.2, 0.25) is 0 Å². The zero-order valence-corrected chi connectivity index (χ0v) is 17.2. The highest BCUT2D eigenvalue weighted by Gasteiger charge is 2.38. The molecule has 2 aliphatic heterocycles. The molecule has 2 aromatic heterocycles. The van der Waals surface area contributed by atoms with E-state index in [1.807, 2.05) is 11.8 Å². The molecular weight excluding hydrogens is 391 g/mol. The van der Waals surface area contributed by atoms with E-state index in [0.717, 1.165) is 5.56 Å². The molecule has 4 rings (SSSR count). The number of methoxy groups -OCH3 is 1. The average Bonchev–Trinajstić information content (AvgIpc) is 2.98. The lowest BCUT2D eigenvalue weighted by Crippen LogP contribution is -2.47. The lowest BCUT2D eigenvalue weighted by Gasteiger charge is -2.36. The molecule has 1 unspecified atom stereocenters. The van der Waals surface area contributed by atoms with Crippen molar-refractivity contribution in [3.8, 4) is 11.6 Å². The van der Waals surface area contributed by atoms with Crippen molar-refractivity contribution in [2.75, 3.05) is 38.8 Å². The first-order valence-electron chi connectivity index (χ1n) is 9.88. The molecule has 1 amide bonds. The van der Waals surface area contributed by atoms with E-state index >= 15 is 0 Å². The van der Waals surface area contributed by atoms with E-state index in [0.29, 0.717) is 41.7 Å². The van der Waals surface area contributed by atoms with Gasteiger partial charge in [-0.15, -0.1) is 0 Å². The summed E-state index contributed by atoms with van der Waals surface area (Å²) in [4.78, 5) is 24.5. The zero-order valence-electron chi connectivity index (χ0n) is 17.2.